The molecule has 1 N–H and O–H groups in total. The van der Waals surface area contributed by atoms with Crippen LogP contribution in [0.25, 0.3) is 6.08 Å². The molecule has 0 aliphatic heterocycles. The molecule has 0 fully saturated rings. The van der Waals surface area contributed by atoms with E-state index in [9.17, 15) is 0 Å². The third-order valence-electron chi connectivity index (χ3n) is 1.92. The minimum atomic E-state index is 1.15. The fourth-order valence-corrected chi connectivity index (χ4v) is 1.00. The molecular formula is C11H13N. The van der Waals surface area contributed by atoms with Gasteiger partial charge in [-0.2, -0.15) is 0 Å². The van der Waals surface area contributed by atoms with Crippen LogP contribution in [0, 0.1) is 13.8 Å². The quantitative estimate of drug-likeness (QED) is 0.504. The minimum absolute atomic E-state index is 1.15. The van der Waals surface area contributed by atoms with Gasteiger partial charge in [-0.3, -0.25) is 0 Å². The van der Waals surface area contributed by atoms with Gasteiger partial charge in [0, 0.05) is 11.9 Å². The number of allylic oxidation sites excluding steroid dienone is 2. The highest BCUT2D eigenvalue weighted by molar-refractivity contribution is 5.53. The fraction of sp³-hybridized carbons (Fsp3) is 0.182. The first-order valence-corrected chi connectivity index (χ1v) is 3.92. The molecule has 0 unspecified atom stereocenters. The Bertz CT molecular complexity index is 336. The molecular weight excluding hydrogens is 146 g/mol. The van der Waals surface area contributed by atoms with E-state index in [2.05, 4.69) is 31.1 Å². The molecule has 0 radical (unpaired) electrons. The normalized spacial score (nSPS) is 10.2. The van der Waals surface area contributed by atoms with E-state index < -0.39 is 0 Å². The Labute approximate surface area is 73.1 Å². The smallest absolute Gasteiger partial charge is 0.0412 e. The zero-order valence-electron chi connectivity index (χ0n) is 7.52. The van der Waals surface area contributed by atoms with Gasteiger partial charge in [0.1, 0.15) is 0 Å². The lowest BCUT2D eigenvalue weighted by molar-refractivity contribution is 1.34. The Morgan fingerprint density at radius 1 is 1.50 bits per heavy atom. The first-order chi connectivity index (χ1) is 5.75. The predicted molar refractivity (Wildman–Crippen MR) is 53.0 cm³/mol. The molecule has 0 bridgehead atoms. The lowest BCUT2D eigenvalue weighted by Gasteiger charge is -1.89. The first-order valence-electron chi connectivity index (χ1n) is 3.92. The molecule has 1 nitrogen and oxygen atoms in total. The molecule has 0 amide bonds. The summed E-state index contributed by atoms with van der Waals surface area (Å²) in [7, 11) is 0. The first kappa shape index (κ1) is 8.63. The standard InChI is InChI=1S/C11H13N/c1-4-5-6-7-11-10(3)9(2)8-12-11/h5-8,12H,1H2,2-3H3/b7-6-. The van der Waals surface area contributed by atoms with Crippen molar-refractivity contribution in [3.8, 4) is 0 Å². The van der Waals surface area contributed by atoms with Crippen LogP contribution in [0.5, 0.6) is 0 Å². The van der Waals surface area contributed by atoms with Crippen molar-refractivity contribution in [1.82, 2.24) is 4.98 Å². The summed E-state index contributed by atoms with van der Waals surface area (Å²) >= 11 is 0. The van der Waals surface area contributed by atoms with E-state index in [4.69, 9.17) is 0 Å². The van der Waals surface area contributed by atoms with Gasteiger partial charge < -0.3 is 4.98 Å². The summed E-state index contributed by atoms with van der Waals surface area (Å²) in [6.07, 6.45) is 7.73. The maximum absolute atomic E-state index is 3.48. The number of nitrogens with one attached hydrogen (secondary N) is 1. The number of H-pyrrole nitrogens is 1. The second-order valence-electron chi connectivity index (χ2n) is 2.74. The van der Waals surface area contributed by atoms with Crippen molar-refractivity contribution >= 4 is 6.08 Å². The summed E-state index contributed by atoms with van der Waals surface area (Å²) < 4.78 is 0. The maximum atomic E-state index is 3.48. The van der Waals surface area contributed by atoms with E-state index in [1.807, 2.05) is 18.3 Å². The highest BCUT2D eigenvalue weighted by Gasteiger charge is 1.97. The molecule has 0 spiro atoms. The molecule has 1 heterocycles. The lowest BCUT2D eigenvalue weighted by atomic mass is 10.2. The SMILES string of the molecule is C=C=C/C=C\c1[nH]cc(C)c1C. The second-order valence-corrected chi connectivity index (χ2v) is 2.74. The molecule has 0 saturated heterocycles. The number of aromatic nitrogens is 1. The summed E-state index contributed by atoms with van der Waals surface area (Å²) in [6, 6.07) is 0. The molecule has 0 atom stereocenters. The summed E-state index contributed by atoms with van der Waals surface area (Å²) in [5, 5.41) is 0. The van der Waals surface area contributed by atoms with Gasteiger partial charge in [0.15, 0.2) is 0 Å². The van der Waals surface area contributed by atoms with E-state index in [-0.39, 0.29) is 0 Å². The number of rotatable bonds is 2. The van der Waals surface area contributed by atoms with Crippen LogP contribution in [-0.4, -0.2) is 4.98 Å². The van der Waals surface area contributed by atoms with Gasteiger partial charge >= 0.3 is 0 Å². The summed E-state index contributed by atoms with van der Waals surface area (Å²) in [4.78, 5) is 3.18. The average Bonchev–Trinajstić information content (AvgIpc) is 2.36. The second kappa shape index (κ2) is 3.80. The molecule has 0 aliphatic carbocycles. The van der Waals surface area contributed by atoms with Crippen LogP contribution < -0.4 is 0 Å². The van der Waals surface area contributed by atoms with Crippen LogP contribution in [0.15, 0.2) is 30.7 Å². The number of hydrogen-bond acceptors (Lipinski definition) is 0. The Morgan fingerprint density at radius 3 is 2.75 bits per heavy atom. The van der Waals surface area contributed by atoms with Gasteiger partial charge in [-0.05, 0) is 37.1 Å². The van der Waals surface area contributed by atoms with E-state index in [1.165, 1.54) is 11.1 Å². The minimum Gasteiger partial charge on any atom is -0.361 e. The lowest BCUT2D eigenvalue weighted by Crippen LogP contribution is -1.75. The highest BCUT2D eigenvalue weighted by Crippen LogP contribution is 2.12. The van der Waals surface area contributed by atoms with Gasteiger partial charge in [-0.25, -0.2) is 0 Å². The van der Waals surface area contributed by atoms with Crippen LogP contribution in [0.1, 0.15) is 16.8 Å². The molecule has 1 heteroatoms. The summed E-state index contributed by atoms with van der Waals surface area (Å²) in [6.45, 7) is 7.67. The van der Waals surface area contributed by atoms with Crippen molar-refractivity contribution in [2.24, 2.45) is 0 Å². The molecule has 1 aromatic heterocycles. The highest BCUT2D eigenvalue weighted by atomic mass is 14.7. The van der Waals surface area contributed by atoms with Crippen molar-refractivity contribution < 1.29 is 0 Å². The van der Waals surface area contributed by atoms with E-state index in [0.29, 0.717) is 0 Å². The number of aryl methyl sites for hydroxylation is 1. The molecule has 12 heavy (non-hydrogen) atoms. The Hall–Kier alpha value is -1.46. The van der Waals surface area contributed by atoms with Crippen LogP contribution >= 0.6 is 0 Å². The third-order valence-corrected chi connectivity index (χ3v) is 1.92. The van der Waals surface area contributed by atoms with Gasteiger partial charge in [-0.1, -0.05) is 12.7 Å². The van der Waals surface area contributed by atoms with E-state index in [0.717, 1.165) is 5.69 Å². The van der Waals surface area contributed by atoms with Crippen LogP contribution in [0.3, 0.4) is 0 Å². The van der Waals surface area contributed by atoms with E-state index in [1.54, 1.807) is 6.08 Å². The monoisotopic (exact) mass is 159 g/mol. The van der Waals surface area contributed by atoms with Crippen LogP contribution in [-0.2, 0) is 0 Å². The Kier molecular flexibility index (Phi) is 2.73. The fourth-order valence-electron chi connectivity index (χ4n) is 1.00. The molecule has 1 aromatic rings. The van der Waals surface area contributed by atoms with Crippen LogP contribution in [0.4, 0.5) is 0 Å². The maximum Gasteiger partial charge on any atom is 0.0412 e. The Balaban J connectivity index is 2.89. The van der Waals surface area contributed by atoms with Crippen LogP contribution in [0.2, 0.25) is 0 Å². The molecule has 1 rings (SSSR count). The van der Waals surface area contributed by atoms with Gasteiger partial charge in [-0.15, -0.1) is 5.73 Å². The van der Waals surface area contributed by atoms with E-state index >= 15 is 0 Å². The van der Waals surface area contributed by atoms with Crippen molar-refractivity contribution in [3.63, 3.8) is 0 Å². The molecule has 0 saturated carbocycles. The zero-order chi connectivity index (χ0) is 8.97. The summed E-state index contributed by atoms with van der Waals surface area (Å²) in [5.74, 6) is 0. The van der Waals surface area contributed by atoms with Gasteiger partial charge in [0.2, 0.25) is 0 Å². The average molecular weight is 159 g/mol. The van der Waals surface area contributed by atoms with Crippen molar-refractivity contribution in [2.75, 3.05) is 0 Å². The van der Waals surface area contributed by atoms with Crippen molar-refractivity contribution in [1.29, 1.82) is 0 Å². The summed E-state index contributed by atoms with van der Waals surface area (Å²) in [5.41, 5.74) is 6.42. The van der Waals surface area contributed by atoms with Gasteiger partial charge in [0.05, 0.1) is 0 Å². The molecule has 62 valence electrons. The van der Waals surface area contributed by atoms with Crippen molar-refractivity contribution in [3.05, 3.63) is 47.5 Å². The molecule has 0 aromatic carbocycles. The number of aromatic amines is 1. The predicted octanol–water partition coefficient (Wildman–Crippen LogP) is 2.99. The third kappa shape index (κ3) is 1.77. The van der Waals surface area contributed by atoms with Crippen molar-refractivity contribution in [2.45, 2.75) is 13.8 Å². The van der Waals surface area contributed by atoms with Gasteiger partial charge in [0.25, 0.3) is 0 Å². The number of hydrogen-bond donors (Lipinski definition) is 1. The molecule has 0 aliphatic rings. The largest absolute Gasteiger partial charge is 0.361 e. The topological polar surface area (TPSA) is 15.8 Å². The zero-order valence-corrected chi connectivity index (χ0v) is 7.52. The Morgan fingerprint density at radius 2 is 2.25 bits per heavy atom.